The molecule has 3 heteroatoms. The lowest BCUT2D eigenvalue weighted by Crippen LogP contribution is -2.40. The van der Waals surface area contributed by atoms with E-state index in [2.05, 4.69) is 26.1 Å². The van der Waals surface area contributed by atoms with Crippen molar-refractivity contribution in [1.82, 2.24) is 5.32 Å². The number of aliphatic imine (C=N–C) groups is 1. The van der Waals surface area contributed by atoms with Gasteiger partial charge in [0.1, 0.15) is 0 Å². The van der Waals surface area contributed by atoms with Crippen LogP contribution in [0.4, 0.5) is 0 Å². The summed E-state index contributed by atoms with van der Waals surface area (Å²) in [4.78, 5) is 5.01. The first kappa shape index (κ1) is 13.3. The van der Waals surface area contributed by atoms with E-state index in [1.807, 2.05) is 11.8 Å². The van der Waals surface area contributed by atoms with E-state index in [0.29, 0.717) is 17.5 Å². The van der Waals surface area contributed by atoms with Crippen molar-refractivity contribution in [2.75, 3.05) is 5.75 Å². The highest BCUT2D eigenvalue weighted by molar-refractivity contribution is 8.13. The van der Waals surface area contributed by atoms with Gasteiger partial charge in [-0.05, 0) is 31.1 Å². The highest BCUT2D eigenvalue weighted by Gasteiger charge is 2.32. The van der Waals surface area contributed by atoms with Crippen LogP contribution >= 0.6 is 11.8 Å². The zero-order chi connectivity index (χ0) is 12.3. The molecule has 17 heavy (non-hydrogen) atoms. The van der Waals surface area contributed by atoms with Gasteiger partial charge in [0, 0.05) is 11.8 Å². The summed E-state index contributed by atoms with van der Waals surface area (Å²) in [5, 5.41) is 4.81. The van der Waals surface area contributed by atoms with Crippen molar-refractivity contribution in [3.05, 3.63) is 0 Å². The second-order valence-corrected chi connectivity index (χ2v) is 7.15. The molecule has 1 saturated heterocycles. The highest BCUT2D eigenvalue weighted by atomic mass is 32.2. The van der Waals surface area contributed by atoms with Gasteiger partial charge in [-0.3, -0.25) is 4.99 Å². The van der Waals surface area contributed by atoms with Crippen LogP contribution in [0.5, 0.6) is 0 Å². The molecule has 1 aliphatic heterocycles. The Balaban J connectivity index is 2.01. The molecule has 0 aromatic carbocycles. The minimum absolute atomic E-state index is 0.395. The summed E-state index contributed by atoms with van der Waals surface area (Å²) in [5.41, 5.74) is 0.395. The van der Waals surface area contributed by atoms with Gasteiger partial charge in [0.15, 0.2) is 5.17 Å². The van der Waals surface area contributed by atoms with E-state index in [-0.39, 0.29) is 0 Å². The summed E-state index contributed by atoms with van der Waals surface area (Å²) in [7, 11) is 0. The summed E-state index contributed by atoms with van der Waals surface area (Å²) in [6, 6.07) is 1.18. The molecule has 2 fully saturated rings. The van der Waals surface area contributed by atoms with Gasteiger partial charge < -0.3 is 5.32 Å². The van der Waals surface area contributed by atoms with Crippen LogP contribution in [0.1, 0.15) is 59.3 Å². The van der Waals surface area contributed by atoms with E-state index in [1.54, 1.807) is 0 Å². The SMILES string of the molecule is CCC1CCSC(=NC2CCCCC2(C)C)N1. The van der Waals surface area contributed by atoms with E-state index in [4.69, 9.17) is 4.99 Å². The van der Waals surface area contributed by atoms with Crippen molar-refractivity contribution in [1.29, 1.82) is 0 Å². The molecule has 1 N–H and O–H groups in total. The molecule has 0 bridgehead atoms. The first-order valence-electron chi connectivity index (χ1n) is 7.09. The Morgan fingerprint density at radius 2 is 2.18 bits per heavy atom. The maximum absolute atomic E-state index is 5.01. The smallest absolute Gasteiger partial charge is 0.157 e. The summed E-state index contributed by atoms with van der Waals surface area (Å²) in [6.07, 6.45) is 7.84. The van der Waals surface area contributed by atoms with Gasteiger partial charge >= 0.3 is 0 Å². The van der Waals surface area contributed by atoms with Crippen molar-refractivity contribution in [2.45, 2.75) is 71.4 Å². The molecule has 2 unspecified atom stereocenters. The van der Waals surface area contributed by atoms with Gasteiger partial charge in [-0.1, -0.05) is 45.4 Å². The van der Waals surface area contributed by atoms with Crippen LogP contribution in [0.2, 0.25) is 0 Å². The van der Waals surface area contributed by atoms with Gasteiger partial charge in [-0.25, -0.2) is 0 Å². The number of thioether (sulfide) groups is 1. The lowest BCUT2D eigenvalue weighted by molar-refractivity contribution is 0.204. The lowest BCUT2D eigenvalue weighted by Gasteiger charge is -2.37. The van der Waals surface area contributed by atoms with E-state index < -0.39 is 0 Å². The topological polar surface area (TPSA) is 24.4 Å². The fraction of sp³-hybridized carbons (Fsp3) is 0.929. The zero-order valence-electron chi connectivity index (χ0n) is 11.5. The first-order valence-corrected chi connectivity index (χ1v) is 8.07. The number of rotatable bonds is 2. The number of hydrogen-bond donors (Lipinski definition) is 1. The fourth-order valence-corrected chi connectivity index (χ4v) is 3.87. The normalized spacial score (nSPS) is 35.6. The summed E-state index contributed by atoms with van der Waals surface area (Å²) >= 11 is 1.92. The van der Waals surface area contributed by atoms with Gasteiger partial charge in [-0.2, -0.15) is 0 Å². The van der Waals surface area contributed by atoms with Crippen LogP contribution in [0.25, 0.3) is 0 Å². The third-order valence-electron chi connectivity index (χ3n) is 4.25. The van der Waals surface area contributed by atoms with Crippen LogP contribution in [-0.2, 0) is 0 Å². The Hall–Kier alpha value is -0.180. The average molecular weight is 254 g/mol. The molecule has 0 amide bonds. The first-order chi connectivity index (χ1) is 8.12. The van der Waals surface area contributed by atoms with E-state index in [1.165, 1.54) is 49.4 Å². The maximum Gasteiger partial charge on any atom is 0.157 e. The average Bonchev–Trinajstić information content (AvgIpc) is 2.32. The van der Waals surface area contributed by atoms with Crippen LogP contribution in [0, 0.1) is 5.41 Å². The third-order valence-corrected chi connectivity index (χ3v) is 5.19. The Bertz CT molecular complexity index is 286. The Morgan fingerprint density at radius 3 is 2.88 bits per heavy atom. The Kier molecular flexibility index (Phi) is 4.40. The molecule has 98 valence electrons. The molecule has 0 radical (unpaired) electrons. The molecule has 2 rings (SSSR count). The molecular formula is C14H26N2S. The molecular weight excluding hydrogens is 228 g/mol. The van der Waals surface area contributed by atoms with Gasteiger partial charge in [0.2, 0.25) is 0 Å². The number of hydrogen-bond acceptors (Lipinski definition) is 2. The molecule has 1 saturated carbocycles. The summed E-state index contributed by atoms with van der Waals surface area (Å²) in [5.74, 6) is 1.23. The summed E-state index contributed by atoms with van der Waals surface area (Å²) in [6.45, 7) is 7.02. The largest absolute Gasteiger partial charge is 0.362 e. The zero-order valence-corrected chi connectivity index (χ0v) is 12.3. The summed E-state index contributed by atoms with van der Waals surface area (Å²) < 4.78 is 0. The second-order valence-electron chi connectivity index (χ2n) is 6.07. The molecule has 1 heterocycles. The van der Waals surface area contributed by atoms with Gasteiger partial charge in [0.05, 0.1) is 6.04 Å². The fourth-order valence-electron chi connectivity index (χ4n) is 2.82. The minimum atomic E-state index is 0.395. The predicted octanol–water partition coefficient (Wildman–Crippen LogP) is 3.82. The lowest BCUT2D eigenvalue weighted by atomic mass is 9.73. The molecule has 0 aromatic rings. The Morgan fingerprint density at radius 1 is 1.35 bits per heavy atom. The van der Waals surface area contributed by atoms with E-state index >= 15 is 0 Å². The third kappa shape index (κ3) is 3.40. The minimum Gasteiger partial charge on any atom is -0.362 e. The molecule has 0 aromatic heterocycles. The molecule has 2 atom stereocenters. The van der Waals surface area contributed by atoms with Crippen LogP contribution in [0.15, 0.2) is 4.99 Å². The van der Waals surface area contributed by atoms with Crippen LogP contribution in [0.3, 0.4) is 0 Å². The van der Waals surface area contributed by atoms with Crippen LogP contribution < -0.4 is 5.32 Å². The molecule has 0 spiro atoms. The molecule has 2 aliphatic rings. The van der Waals surface area contributed by atoms with Crippen molar-refractivity contribution in [3.63, 3.8) is 0 Å². The second kappa shape index (κ2) is 5.64. The maximum atomic E-state index is 5.01. The standard InChI is InChI=1S/C14H26N2S/c1-4-11-8-10-17-13(15-11)16-12-7-5-6-9-14(12,2)3/h11-12H,4-10H2,1-3H3,(H,15,16). The highest BCUT2D eigenvalue weighted by Crippen LogP contribution is 2.38. The predicted molar refractivity (Wildman–Crippen MR) is 77.8 cm³/mol. The van der Waals surface area contributed by atoms with Crippen molar-refractivity contribution in [3.8, 4) is 0 Å². The molecule has 1 aliphatic carbocycles. The van der Waals surface area contributed by atoms with Crippen molar-refractivity contribution in [2.24, 2.45) is 10.4 Å². The van der Waals surface area contributed by atoms with E-state index in [9.17, 15) is 0 Å². The van der Waals surface area contributed by atoms with Crippen molar-refractivity contribution < 1.29 is 0 Å². The van der Waals surface area contributed by atoms with Crippen molar-refractivity contribution >= 4 is 16.9 Å². The number of nitrogens with one attached hydrogen (secondary N) is 1. The Labute approximate surface area is 110 Å². The molecule has 2 nitrogen and oxygen atoms in total. The number of amidine groups is 1. The number of nitrogens with zero attached hydrogens (tertiary/aromatic N) is 1. The van der Waals surface area contributed by atoms with Gasteiger partial charge in [0.25, 0.3) is 0 Å². The monoisotopic (exact) mass is 254 g/mol. The van der Waals surface area contributed by atoms with E-state index in [0.717, 1.165) is 0 Å². The quantitative estimate of drug-likeness (QED) is 0.810. The van der Waals surface area contributed by atoms with Crippen LogP contribution in [-0.4, -0.2) is 23.0 Å². The van der Waals surface area contributed by atoms with Gasteiger partial charge in [-0.15, -0.1) is 0 Å².